The van der Waals surface area contributed by atoms with Crippen LogP contribution < -0.4 is 10.1 Å². The predicted molar refractivity (Wildman–Crippen MR) is 123 cm³/mol. The van der Waals surface area contributed by atoms with E-state index in [1.807, 2.05) is 62.4 Å². The van der Waals surface area contributed by atoms with Gasteiger partial charge in [-0.05, 0) is 73.4 Å². The molecule has 0 bridgehead atoms. The van der Waals surface area contributed by atoms with Gasteiger partial charge in [-0.3, -0.25) is 4.79 Å². The van der Waals surface area contributed by atoms with Crippen molar-refractivity contribution in [1.29, 1.82) is 0 Å². The van der Waals surface area contributed by atoms with Crippen molar-refractivity contribution in [2.75, 3.05) is 5.32 Å². The number of aryl methyl sites for hydroxylation is 3. The fourth-order valence-corrected chi connectivity index (χ4v) is 3.40. The molecular weight excluding hydrogens is 426 g/mol. The van der Waals surface area contributed by atoms with E-state index in [2.05, 4.69) is 40.3 Å². The molecular formula is C25H24BrNO2. The summed E-state index contributed by atoms with van der Waals surface area (Å²) in [6, 6.07) is 19.9. The number of ether oxygens (including phenoxy) is 1. The highest BCUT2D eigenvalue weighted by Crippen LogP contribution is 2.22. The molecule has 0 saturated carbocycles. The minimum Gasteiger partial charge on any atom is -0.489 e. The molecule has 0 aromatic heterocycles. The van der Waals surface area contributed by atoms with Crippen LogP contribution in [0.5, 0.6) is 5.75 Å². The maximum Gasteiger partial charge on any atom is 0.248 e. The zero-order valence-corrected chi connectivity index (χ0v) is 18.4. The van der Waals surface area contributed by atoms with E-state index in [0.717, 1.165) is 38.2 Å². The second kappa shape index (κ2) is 9.57. The Balaban J connectivity index is 1.57. The van der Waals surface area contributed by atoms with Gasteiger partial charge in [-0.15, -0.1) is 0 Å². The first kappa shape index (κ1) is 20.9. The summed E-state index contributed by atoms with van der Waals surface area (Å²) in [5.41, 5.74) is 6.25. The van der Waals surface area contributed by atoms with Crippen LogP contribution in [0.2, 0.25) is 0 Å². The molecule has 1 N–H and O–H groups in total. The lowest BCUT2D eigenvalue weighted by Gasteiger charge is -2.11. The predicted octanol–water partition coefficient (Wildman–Crippen LogP) is 6.61. The van der Waals surface area contributed by atoms with E-state index in [1.54, 1.807) is 12.2 Å². The van der Waals surface area contributed by atoms with E-state index in [0.29, 0.717) is 6.61 Å². The zero-order chi connectivity index (χ0) is 20.8. The van der Waals surface area contributed by atoms with Crippen molar-refractivity contribution in [1.82, 2.24) is 0 Å². The molecule has 0 atom stereocenters. The summed E-state index contributed by atoms with van der Waals surface area (Å²) in [6.07, 6.45) is 3.35. The number of hydrogen-bond donors (Lipinski definition) is 1. The van der Waals surface area contributed by atoms with Gasteiger partial charge in [-0.1, -0.05) is 57.9 Å². The summed E-state index contributed by atoms with van der Waals surface area (Å²) >= 11 is 3.43. The molecule has 3 aromatic rings. The third-order valence-corrected chi connectivity index (χ3v) is 5.08. The van der Waals surface area contributed by atoms with E-state index in [1.165, 1.54) is 5.56 Å². The van der Waals surface area contributed by atoms with E-state index in [4.69, 9.17) is 4.74 Å². The molecule has 3 rings (SSSR count). The molecule has 148 valence electrons. The number of halogens is 1. The van der Waals surface area contributed by atoms with E-state index in [-0.39, 0.29) is 5.91 Å². The molecule has 0 unspecified atom stereocenters. The van der Waals surface area contributed by atoms with Crippen LogP contribution in [0, 0.1) is 20.8 Å². The van der Waals surface area contributed by atoms with Crippen molar-refractivity contribution in [3.8, 4) is 5.75 Å². The van der Waals surface area contributed by atoms with Gasteiger partial charge in [0.25, 0.3) is 0 Å². The fraction of sp³-hybridized carbons (Fsp3) is 0.160. The SMILES string of the molecule is Cc1cc(C)c(NC(=O)/C=C/c2ccc(OCc3ccc(Br)cc3)cc2)c(C)c1. The van der Waals surface area contributed by atoms with Crippen LogP contribution in [0.25, 0.3) is 6.08 Å². The van der Waals surface area contributed by atoms with E-state index >= 15 is 0 Å². The Morgan fingerprint density at radius 3 is 2.21 bits per heavy atom. The van der Waals surface area contributed by atoms with Crippen LogP contribution in [0.4, 0.5) is 5.69 Å². The summed E-state index contributed by atoms with van der Waals surface area (Å²) in [5, 5.41) is 2.98. The fourth-order valence-electron chi connectivity index (χ4n) is 3.14. The van der Waals surface area contributed by atoms with E-state index in [9.17, 15) is 4.79 Å². The standard InChI is InChI=1S/C25H24BrNO2/c1-17-14-18(2)25(19(3)15-17)27-24(28)13-8-20-6-11-23(12-7-20)29-16-21-4-9-22(26)10-5-21/h4-15H,16H2,1-3H3,(H,27,28)/b13-8+. The Morgan fingerprint density at radius 1 is 0.966 bits per heavy atom. The second-order valence-corrected chi connectivity index (χ2v) is 8.00. The van der Waals surface area contributed by atoms with Gasteiger partial charge in [-0.25, -0.2) is 0 Å². The first-order valence-corrected chi connectivity index (χ1v) is 10.2. The maximum absolute atomic E-state index is 12.3. The van der Waals surface area contributed by atoms with Gasteiger partial charge in [0, 0.05) is 16.2 Å². The van der Waals surface area contributed by atoms with Crippen LogP contribution in [0.15, 0.2) is 71.2 Å². The minimum atomic E-state index is -0.143. The topological polar surface area (TPSA) is 38.3 Å². The number of carbonyl (C=O) groups excluding carboxylic acids is 1. The van der Waals surface area contributed by atoms with Gasteiger partial charge in [0.1, 0.15) is 12.4 Å². The highest BCUT2D eigenvalue weighted by Gasteiger charge is 2.06. The number of nitrogens with one attached hydrogen (secondary N) is 1. The number of rotatable bonds is 6. The molecule has 0 heterocycles. The summed E-state index contributed by atoms with van der Waals surface area (Å²) < 4.78 is 6.86. The minimum absolute atomic E-state index is 0.143. The number of anilines is 1. The first-order valence-electron chi connectivity index (χ1n) is 9.45. The van der Waals surface area contributed by atoms with Gasteiger partial charge >= 0.3 is 0 Å². The van der Waals surface area contributed by atoms with Crippen molar-refractivity contribution >= 4 is 33.6 Å². The van der Waals surface area contributed by atoms with Gasteiger partial charge in [0.05, 0.1) is 0 Å². The summed E-state index contributed by atoms with van der Waals surface area (Å²) in [4.78, 5) is 12.3. The molecule has 4 heteroatoms. The second-order valence-electron chi connectivity index (χ2n) is 7.08. The zero-order valence-electron chi connectivity index (χ0n) is 16.8. The molecule has 29 heavy (non-hydrogen) atoms. The third-order valence-electron chi connectivity index (χ3n) is 4.55. The highest BCUT2D eigenvalue weighted by atomic mass is 79.9. The Morgan fingerprint density at radius 2 is 1.59 bits per heavy atom. The van der Waals surface area contributed by atoms with Crippen LogP contribution in [-0.2, 0) is 11.4 Å². The Kier molecular flexibility index (Phi) is 6.89. The van der Waals surface area contributed by atoms with Crippen molar-refractivity contribution in [3.05, 3.63) is 99.0 Å². The van der Waals surface area contributed by atoms with Crippen LogP contribution in [-0.4, -0.2) is 5.91 Å². The molecule has 0 saturated heterocycles. The monoisotopic (exact) mass is 449 g/mol. The van der Waals surface area contributed by atoms with Crippen LogP contribution in [0.3, 0.4) is 0 Å². The lowest BCUT2D eigenvalue weighted by Crippen LogP contribution is -2.10. The number of amides is 1. The first-order chi connectivity index (χ1) is 13.9. The largest absolute Gasteiger partial charge is 0.489 e. The molecule has 0 aliphatic rings. The summed E-state index contributed by atoms with van der Waals surface area (Å²) in [5.74, 6) is 0.649. The van der Waals surface area contributed by atoms with Crippen molar-refractivity contribution in [3.63, 3.8) is 0 Å². The van der Waals surface area contributed by atoms with E-state index < -0.39 is 0 Å². The average Bonchev–Trinajstić information content (AvgIpc) is 2.69. The molecule has 0 aliphatic carbocycles. The molecule has 1 amide bonds. The molecule has 3 nitrogen and oxygen atoms in total. The normalized spacial score (nSPS) is 10.9. The van der Waals surface area contributed by atoms with Gasteiger partial charge < -0.3 is 10.1 Å². The molecule has 0 fully saturated rings. The number of hydrogen-bond acceptors (Lipinski definition) is 2. The third kappa shape index (κ3) is 6.06. The van der Waals surface area contributed by atoms with Crippen molar-refractivity contribution < 1.29 is 9.53 Å². The Bertz CT molecular complexity index is 999. The number of benzene rings is 3. The van der Waals surface area contributed by atoms with Crippen molar-refractivity contribution in [2.45, 2.75) is 27.4 Å². The number of carbonyl (C=O) groups is 1. The molecule has 0 aliphatic heterocycles. The Hall–Kier alpha value is -2.85. The lowest BCUT2D eigenvalue weighted by molar-refractivity contribution is -0.111. The van der Waals surface area contributed by atoms with Gasteiger partial charge in [-0.2, -0.15) is 0 Å². The summed E-state index contributed by atoms with van der Waals surface area (Å²) in [6.45, 7) is 6.58. The Labute approximate surface area is 180 Å². The molecule has 0 spiro atoms. The quantitative estimate of drug-likeness (QED) is 0.430. The van der Waals surface area contributed by atoms with Crippen LogP contribution in [0.1, 0.15) is 27.8 Å². The van der Waals surface area contributed by atoms with Crippen LogP contribution >= 0.6 is 15.9 Å². The summed E-state index contributed by atoms with van der Waals surface area (Å²) in [7, 11) is 0. The molecule has 0 radical (unpaired) electrons. The smallest absolute Gasteiger partial charge is 0.248 e. The van der Waals surface area contributed by atoms with Gasteiger partial charge in [0.2, 0.25) is 5.91 Å². The molecule has 3 aromatic carbocycles. The van der Waals surface area contributed by atoms with Gasteiger partial charge in [0.15, 0.2) is 0 Å². The highest BCUT2D eigenvalue weighted by molar-refractivity contribution is 9.10. The van der Waals surface area contributed by atoms with Crippen molar-refractivity contribution in [2.24, 2.45) is 0 Å². The average molecular weight is 450 g/mol. The maximum atomic E-state index is 12.3. The lowest BCUT2D eigenvalue weighted by atomic mass is 10.1.